The maximum absolute atomic E-state index is 11.2. The number of rotatable bonds is 5. The number of thioether (sulfide) groups is 1. The van der Waals surface area contributed by atoms with Crippen LogP contribution in [0.4, 0.5) is 0 Å². The zero-order valence-electron chi connectivity index (χ0n) is 10.7. The Kier molecular flexibility index (Phi) is 4.47. The van der Waals surface area contributed by atoms with E-state index in [0.29, 0.717) is 12.2 Å². The fraction of sp³-hybridized carbons (Fsp3) is 0.429. The summed E-state index contributed by atoms with van der Waals surface area (Å²) in [6.07, 6.45) is 1.07. The molecule has 1 N–H and O–H groups in total. The fourth-order valence-corrected chi connectivity index (χ4v) is 2.88. The minimum Gasteiger partial charge on any atom is -0.490 e. The Hall–Kier alpha value is -1.49. The van der Waals surface area contributed by atoms with Gasteiger partial charge < -0.3 is 9.84 Å². The third kappa shape index (κ3) is 3.73. The predicted octanol–water partition coefficient (Wildman–Crippen LogP) is 2.36. The van der Waals surface area contributed by atoms with Gasteiger partial charge in [-0.3, -0.25) is 9.59 Å². The van der Waals surface area contributed by atoms with E-state index >= 15 is 0 Å². The monoisotopic (exact) mass is 280 g/mol. The highest BCUT2D eigenvalue weighted by molar-refractivity contribution is 8.13. The van der Waals surface area contributed by atoms with Gasteiger partial charge in [0.1, 0.15) is 11.9 Å². The van der Waals surface area contributed by atoms with Crippen LogP contribution in [-0.4, -0.2) is 28.0 Å². The van der Waals surface area contributed by atoms with Crippen LogP contribution in [0, 0.1) is 5.92 Å². The van der Waals surface area contributed by atoms with E-state index in [2.05, 4.69) is 0 Å². The number of carboxylic acid groups (broad SMARTS) is 1. The van der Waals surface area contributed by atoms with Gasteiger partial charge in [-0.05, 0) is 18.1 Å². The fourth-order valence-electron chi connectivity index (χ4n) is 2.16. The van der Waals surface area contributed by atoms with Gasteiger partial charge in [-0.25, -0.2) is 0 Å². The van der Waals surface area contributed by atoms with Crippen molar-refractivity contribution in [2.75, 3.05) is 5.75 Å². The highest BCUT2D eigenvalue weighted by Gasteiger charge is 2.29. The van der Waals surface area contributed by atoms with Gasteiger partial charge >= 0.3 is 5.97 Å². The van der Waals surface area contributed by atoms with E-state index < -0.39 is 11.9 Å². The molecule has 0 saturated heterocycles. The molecule has 102 valence electrons. The number of carbonyl (C=O) groups is 2. The van der Waals surface area contributed by atoms with Crippen molar-refractivity contribution < 1.29 is 19.4 Å². The van der Waals surface area contributed by atoms with Crippen LogP contribution >= 0.6 is 11.8 Å². The molecule has 1 heterocycles. The largest absolute Gasteiger partial charge is 0.490 e. The second-order valence-electron chi connectivity index (χ2n) is 4.63. The summed E-state index contributed by atoms with van der Waals surface area (Å²) >= 11 is 1.06. The molecule has 19 heavy (non-hydrogen) atoms. The van der Waals surface area contributed by atoms with Crippen molar-refractivity contribution in [3.63, 3.8) is 0 Å². The maximum atomic E-state index is 11.2. The summed E-state index contributed by atoms with van der Waals surface area (Å²) in [4.78, 5) is 22.1. The van der Waals surface area contributed by atoms with Crippen LogP contribution in [0.1, 0.15) is 18.9 Å². The van der Waals surface area contributed by atoms with Gasteiger partial charge in [0, 0.05) is 19.1 Å². The molecule has 0 fully saturated rings. The van der Waals surface area contributed by atoms with E-state index in [-0.39, 0.29) is 11.2 Å². The molecule has 1 aromatic carbocycles. The molecule has 0 saturated carbocycles. The van der Waals surface area contributed by atoms with Crippen molar-refractivity contribution >= 4 is 22.8 Å². The number of benzene rings is 1. The molecule has 2 rings (SSSR count). The van der Waals surface area contributed by atoms with E-state index in [1.165, 1.54) is 6.92 Å². The van der Waals surface area contributed by atoms with E-state index in [4.69, 9.17) is 4.74 Å². The van der Waals surface area contributed by atoms with Crippen molar-refractivity contribution in [3.8, 4) is 5.75 Å². The standard InChI is InChI=1S/C14H16O4S/c1-9(15)19-8-11(14(16)17)7-12-6-10-4-2-3-5-13(10)18-12/h2-5,11-12H,6-8H2,1H3,(H,16,17). The highest BCUT2D eigenvalue weighted by Crippen LogP contribution is 2.31. The summed E-state index contributed by atoms with van der Waals surface area (Å²) in [5, 5.41) is 9.13. The number of carboxylic acids is 1. The van der Waals surface area contributed by atoms with E-state index in [1.807, 2.05) is 24.3 Å². The quantitative estimate of drug-likeness (QED) is 0.897. The van der Waals surface area contributed by atoms with Crippen LogP contribution in [0.5, 0.6) is 5.75 Å². The summed E-state index contributed by atoms with van der Waals surface area (Å²) in [6.45, 7) is 1.45. The molecule has 0 aliphatic carbocycles. The molecule has 2 atom stereocenters. The first-order valence-electron chi connectivity index (χ1n) is 6.17. The number of para-hydroxylation sites is 1. The summed E-state index contributed by atoms with van der Waals surface area (Å²) in [7, 11) is 0. The smallest absolute Gasteiger partial charge is 0.307 e. The molecule has 0 radical (unpaired) electrons. The van der Waals surface area contributed by atoms with E-state index in [1.54, 1.807) is 0 Å². The number of hydrogen-bond acceptors (Lipinski definition) is 4. The number of aliphatic carboxylic acids is 1. The Morgan fingerprint density at radius 3 is 2.84 bits per heavy atom. The second kappa shape index (κ2) is 6.10. The summed E-state index contributed by atoms with van der Waals surface area (Å²) in [5.74, 6) is -0.265. The SMILES string of the molecule is CC(=O)SCC(CC1Cc2ccccc2O1)C(=O)O. The minimum absolute atomic E-state index is 0.0538. The first kappa shape index (κ1) is 13.9. The third-order valence-electron chi connectivity index (χ3n) is 3.10. The average molecular weight is 280 g/mol. The van der Waals surface area contributed by atoms with Crippen molar-refractivity contribution in [1.29, 1.82) is 0 Å². The molecule has 5 heteroatoms. The van der Waals surface area contributed by atoms with E-state index in [0.717, 1.165) is 29.5 Å². The number of ether oxygens (including phenoxy) is 1. The predicted molar refractivity (Wildman–Crippen MR) is 73.4 cm³/mol. The average Bonchev–Trinajstić information content (AvgIpc) is 2.76. The molecule has 2 unspecified atom stereocenters. The summed E-state index contributed by atoms with van der Waals surface area (Å²) in [6, 6.07) is 7.75. The molecule has 0 spiro atoms. The van der Waals surface area contributed by atoms with Crippen molar-refractivity contribution in [2.24, 2.45) is 5.92 Å². The first-order valence-corrected chi connectivity index (χ1v) is 7.15. The lowest BCUT2D eigenvalue weighted by atomic mass is 10.00. The first-order chi connectivity index (χ1) is 9.06. The van der Waals surface area contributed by atoms with Crippen molar-refractivity contribution in [2.45, 2.75) is 25.9 Å². The maximum Gasteiger partial charge on any atom is 0.307 e. The molecule has 0 amide bonds. The zero-order valence-corrected chi connectivity index (χ0v) is 11.5. The van der Waals surface area contributed by atoms with Crippen molar-refractivity contribution in [3.05, 3.63) is 29.8 Å². The van der Waals surface area contributed by atoms with Gasteiger partial charge in [0.05, 0.1) is 5.92 Å². The van der Waals surface area contributed by atoms with Crippen LogP contribution in [0.15, 0.2) is 24.3 Å². The van der Waals surface area contributed by atoms with Crippen molar-refractivity contribution in [1.82, 2.24) is 0 Å². The molecule has 1 aliphatic rings. The molecule has 1 aliphatic heterocycles. The number of carbonyl (C=O) groups excluding carboxylic acids is 1. The highest BCUT2D eigenvalue weighted by atomic mass is 32.2. The molecule has 1 aromatic rings. The van der Waals surface area contributed by atoms with Gasteiger partial charge in [-0.2, -0.15) is 0 Å². The Morgan fingerprint density at radius 1 is 1.47 bits per heavy atom. The zero-order chi connectivity index (χ0) is 13.8. The lowest BCUT2D eigenvalue weighted by molar-refractivity contribution is -0.141. The van der Waals surface area contributed by atoms with Crippen LogP contribution in [0.2, 0.25) is 0 Å². The molecule has 0 bridgehead atoms. The third-order valence-corrected chi connectivity index (χ3v) is 4.07. The summed E-state index contributed by atoms with van der Waals surface area (Å²) < 4.78 is 5.74. The Bertz CT molecular complexity index is 461. The van der Waals surface area contributed by atoms with Crippen LogP contribution in [0.25, 0.3) is 0 Å². The molecule has 4 nitrogen and oxygen atoms in total. The van der Waals surface area contributed by atoms with Gasteiger partial charge in [0.25, 0.3) is 0 Å². The number of fused-ring (bicyclic) bond motifs is 1. The van der Waals surface area contributed by atoms with Crippen LogP contribution in [-0.2, 0) is 16.0 Å². The Balaban J connectivity index is 1.93. The lowest BCUT2D eigenvalue weighted by Gasteiger charge is -2.16. The second-order valence-corrected chi connectivity index (χ2v) is 5.82. The van der Waals surface area contributed by atoms with E-state index in [9.17, 15) is 14.7 Å². The Labute approximate surface area is 116 Å². The van der Waals surface area contributed by atoms with Gasteiger partial charge in [-0.1, -0.05) is 30.0 Å². The van der Waals surface area contributed by atoms with Gasteiger partial charge in [0.2, 0.25) is 0 Å². The minimum atomic E-state index is -0.867. The Morgan fingerprint density at radius 2 is 2.21 bits per heavy atom. The molecule has 0 aromatic heterocycles. The topological polar surface area (TPSA) is 63.6 Å². The normalized spacial score (nSPS) is 18.5. The van der Waals surface area contributed by atoms with Gasteiger partial charge in [-0.15, -0.1) is 0 Å². The lowest BCUT2D eigenvalue weighted by Crippen LogP contribution is -2.25. The van der Waals surface area contributed by atoms with Crippen LogP contribution in [0.3, 0.4) is 0 Å². The van der Waals surface area contributed by atoms with Gasteiger partial charge in [0.15, 0.2) is 5.12 Å². The molecular formula is C14H16O4S. The number of hydrogen-bond donors (Lipinski definition) is 1. The van der Waals surface area contributed by atoms with Crippen LogP contribution < -0.4 is 4.74 Å². The summed E-state index contributed by atoms with van der Waals surface area (Å²) in [5.41, 5.74) is 1.12. The molecular weight excluding hydrogens is 264 g/mol.